The van der Waals surface area contributed by atoms with E-state index < -0.39 is 4.92 Å². The lowest BCUT2D eigenvalue weighted by Gasteiger charge is -2.25. The second-order valence-corrected chi connectivity index (χ2v) is 14.0. The molecule has 2 N–H and O–H groups in total. The van der Waals surface area contributed by atoms with Crippen molar-refractivity contribution in [3.05, 3.63) is 58.5 Å². The molecule has 2 fully saturated rings. The lowest BCUT2D eigenvalue weighted by Crippen LogP contribution is -2.29. The van der Waals surface area contributed by atoms with E-state index in [-0.39, 0.29) is 23.8 Å². The first-order valence-electron chi connectivity index (χ1n) is 18.0. The number of allylic oxidation sites excluding steroid dienone is 2. The number of ether oxygens (including phenoxy) is 2. The predicted molar refractivity (Wildman–Crippen MR) is 193 cm³/mol. The van der Waals surface area contributed by atoms with Gasteiger partial charge in [0.25, 0.3) is 5.88 Å². The first kappa shape index (κ1) is 38.9. The van der Waals surface area contributed by atoms with Gasteiger partial charge in [-0.25, -0.2) is 9.97 Å². The van der Waals surface area contributed by atoms with Crippen LogP contribution in [0.25, 0.3) is 0 Å². The minimum absolute atomic E-state index is 0.0519. The summed E-state index contributed by atoms with van der Waals surface area (Å²) in [6.45, 7) is 23.8. The topological polar surface area (TPSA) is 139 Å². The third-order valence-corrected chi connectivity index (χ3v) is 10.5. The van der Waals surface area contributed by atoms with Crippen molar-refractivity contribution in [1.29, 1.82) is 0 Å². The summed E-state index contributed by atoms with van der Waals surface area (Å²) < 4.78 is 12.6. The van der Waals surface area contributed by atoms with Gasteiger partial charge >= 0.3 is 5.69 Å². The number of nitrogen functional groups attached to an aromatic ring is 1. The number of nitrogens with two attached hydrogens (primary N) is 1. The van der Waals surface area contributed by atoms with Gasteiger partial charge in [0.15, 0.2) is 0 Å². The molecule has 0 unspecified atom stereocenters. The zero-order chi connectivity index (χ0) is 35.5. The Balaban J connectivity index is 0.000000261. The summed E-state index contributed by atoms with van der Waals surface area (Å²) >= 11 is 0. The maximum absolute atomic E-state index is 11.5. The molecule has 8 atom stereocenters. The van der Waals surface area contributed by atoms with Crippen LogP contribution in [0.3, 0.4) is 0 Å². The van der Waals surface area contributed by atoms with E-state index >= 15 is 0 Å². The molecule has 4 rings (SSSR count). The number of anilines is 1. The quantitative estimate of drug-likeness (QED) is 0.112. The minimum Gasteiger partial charge on any atom is -0.472 e. The fraction of sp³-hybridized carbons (Fsp3) is 0.684. The smallest absolute Gasteiger partial charge is 0.351 e. The first-order valence-corrected chi connectivity index (χ1v) is 18.0. The molecule has 0 aliphatic heterocycles. The summed E-state index contributed by atoms with van der Waals surface area (Å²) in [7, 11) is 0. The van der Waals surface area contributed by atoms with Gasteiger partial charge in [0, 0.05) is 0 Å². The SMILES string of the molecule is C=CCC[C@H]1C[C@H](CCC)[C@@H](C)[C@H]1Oc1nc(C)nc(C)c1N.C=CCC[C@H]1C[C@H](CCC)[C@@H](C)[C@H]1Oc1nc(C)nc(C)c1[N+](=O)[O-]. The lowest BCUT2D eigenvalue weighted by molar-refractivity contribution is -0.387. The van der Waals surface area contributed by atoms with Crippen LogP contribution in [0.2, 0.25) is 0 Å². The standard InChI is InChI=1S/C19H29N3O3.C19H31N3O/c1-6-8-10-16-11-15(9-7-2)12(3)18(16)25-19-17(22(23)24)13(4)20-14(5)21-19;1-6-8-10-16-11-15(9-7-2)12(3)18(16)23-19-17(20)13(4)21-14(5)22-19/h6,12,15-16,18H,1,7-11H2,2-5H3;6,12,15-16,18H,1,7-11,20H2,2-5H3/t2*12-,15+,16+,18-/m11/s1. The van der Waals surface area contributed by atoms with E-state index in [1.54, 1.807) is 13.8 Å². The molecule has 2 aliphatic rings. The van der Waals surface area contributed by atoms with Crippen LogP contribution in [0.15, 0.2) is 25.3 Å². The van der Waals surface area contributed by atoms with Gasteiger partial charge in [-0.3, -0.25) is 10.1 Å². The van der Waals surface area contributed by atoms with E-state index in [1.165, 1.54) is 19.3 Å². The van der Waals surface area contributed by atoms with E-state index in [2.05, 4.69) is 60.8 Å². The van der Waals surface area contributed by atoms with Gasteiger partial charge < -0.3 is 15.2 Å². The molecule has 2 heterocycles. The Morgan fingerprint density at radius 2 is 1.19 bits per heavy atom. The summed E-state index contributed by atoms with van der Waals surface area (Å²) in [6, 6.07) is 0. The molecule has 2 aliphatic carbocycles. The van der Waals surface area contributed by atoms with Gasteiger partial charge in [-0.15, -0.1) is 13.2 Å². The van der Waals surface area contributed by atoms with Crippen LogP contribution < -0.4 is 15.2 Å². The van der Waals surface area contributed by atoms with Crippen molar-refractivity contribution in [2.75, 3.05) is 5.73 Å². The summed E-state index contributed by atoms with van der Waals surface area (Å²) in [5, 5.41) is 11.5. The van der Waals surface area contributed by atoms with E-state index in [0.29, 0.717) is 58.5 Å². The van der Waals surface area contributed by atoms with Gasteiger partial charge in [0.2, 0.25) is 5.88 Å². The molecule has 0 amide bonds. The third kappa shape index (κ3) is 9.75. The maximum atomic E-state index is 11.5. The van der Waals surface area contributed by atoms with Crippen LogP contribution in [-0.4, -0.2) is 37.1 Å². The Kier molecular flexibility index (Phi) is 14.8. The van der Waals surface area contributed by atoms with Gasteiger partial charge in [-0.1, -0.05) is 65.5 Å². The van der Waals surface area contributed by atoms with Gasteiger partial charge in [0.05, 0.1) is 10.6 Å². The Bertz CT molecular complexity index is 1380. The Hall–Kier alpha value is -3.56. The molecule has 10 nitrogen and oxygen atoms in total. The molecule has 0 radical (unpaired) electrons. The van der Waals surface area contributed by atoms with Crippen LogP contribution in [-0.2, 0) is 0 Å². The normalized spacial score (nSPS) is 26.4. The second-order valence-electron chi connectivity index (χ2n) is 14.0. The summed E-state index contributed by atoms with van der Waals surface area (Å²) in [4.78, 5) is 28.1. The molecular formula is C38H60N6O4. The number of rotatable bonds is 15. The number of nitro groups is 1. The molecular weight excluding hydrogens is 604 g/mol. The van der Waals surface area contributed by atoms with Crippen molar-refractivity contribution < 1.29 is 14.4 Å². The Labute approximate surface area is 288 Å². The van der Waals surface area contributed by atoms with Crippen molar-refractivity contribution in [2.24, 2.45) is 35.5 Å². The molecule has 0 spiro atoms. The number of hydrogen-bond acceptors (Lipinski definition) is 9. The largest absolute Gasteiger partial charge is 0.472 e. The molecule has 10 heteroatoms. The van der Waals surface area contributed by atoms with E-state index in [4.69, 9.17) is 15.2 Å². The van der Waals surface area contributed by atoms with E-state index in [1.807, 2.05) is 26.0 Å². The fourth-order valence-corrected chi connectivity index (χ4v) is 8.01. The van der Waals surface area contributed by atoms with Crippen LogP contribution in [0.1, 0.15) is 115 Å². The van der Waals surface area contributed by atoms with Gasteiger partial charge in [-0.2, -0.15) is 9.97 Å². The molecule has 2 aromatic heterocycles. The number of aromatic nitrogens is 4. The van der Waals surface area contributed by atoms with Crippen molar-refractivity contribution in [1.82, 2.24) is 19.9 Å². The van der Waals surface area contributed by atoms with Crippen molar-refractivity contribution in [3.63, 3.8) is 0 Å². The van der Waals surface area contributed by atoms with Gasteiger partial charge in [0.1, 0.15) is 35.2 Å². The van der Waals surface area contributed by atoms with Crippen LogP contribution in [0.4, 0.5) is 11.4 Å². The van der Waals surface area contributed by atoms with Crippen molar-refractivity contribution in [3.8, 4) is 11.8 Å². The van der Waals surface area contributed by atoms with Gasteiger partial charge in [-0.05, 0) is 102 Å². The Morgan fingerprint density at radius 3 is 1.62 bits per heavy atom. The van der Waals surface area contributed by atoms with Crippen LogP contribution in [0, 0.1) is 73.3 Å². The lowest BCUT2D eigenvalue weighted by atomic mass is 9.93. The molecule has 266 valence electrons. The number of hydrogen-bond donors (Lipinski definition) is 1. The van der Waals surface area contributed by atoms with E-state index in [9.17, 15) is 10.1 Å². The minimum atomic E-state index is -0.438. The average Bonchev–Trinajstić information content (AvgIpc) is 3.47. The highest BCUT2D eigenvalue weighted by atomic mass is 16.6. The fourth-order valence-electron chi connectivity index (χ4n) is 8.01. The average molecular weight is 665 g/mol. The second kappa shape index (κ2) is 18.3. The highest BCUT2D eigenvalue weighted by Gasteiger charge is 2.43. The molecule has 48 heavy (non-hydrogen) atoms. The summed E-state index contributed by atoms with van der Waals surface area (Å²) in [5.74, 6) is 5.01. The van der Waals surface area contributed by atoms with Crippen molar-refractivity contribution >= 4 is 11.4 Å². The Morgan fingerprint density at radius 1 is 0.750 bits per heavy atom. The predicted octanol–water partition coefficient (Wildman–Crippen LogP) is 9.25. The summed E-state index contributed by atoms with van der Waals surface area (Å²) in [6.07, 6.45) is 15.3. The molecule has 0 aromatic carbocycles. The molecule has 0 bridgehead atoms. The molecule has 2 saturated carbocycles. The van der Waals surface area contributed by atoms with E-state index in [0.717, 1.165) is 56.6 Å². The monoisotopic (exact) mass is 664 g/mol. The highest BCUT2D eigenvalue weighted by Crippen LogP contribution is 2.45. The number of nitrogens with zero attached hydrogens (tertiary/aromatic N) is 5. The van der Waals surface area contributed by atoms with Crippen LogP contribution >= 0.6 is 0 Å². The maximum Gasteiger partial charge on any atom is 0.351 e. The molecule has 0 saturated heterocycles. The van der Waals surface area contributed by atoms with Crippen molar-refractivity contribution in [2.45, 2.75) is 132 Å². The third-order valence-electron chi connectivity index (χ3n) is 10.5. The van der Waals surface area contributed by atoms with Crippen LogP contribution in [0.5, 0.6) is 11.8 Å². The zero-order valence-electron chi connectivity index (χ0n) is 30.7. The first-order chi connectivity index (χ1) is 22.9. The molecule has 2 aromatic rings. The number of aryl methyl sites for hydroxylation is 4. The zero-order valence-corrected chi connectivity index (χ0v) is 30.7. The summed E-state index contributed by atoms with van der Waals surface area (Å²) in [5.41, 5.74) is 7.76. The highest BCUT2D eigenvalue weighted by molar-refractivity contribution is 5.51.